The van der Waals surface area contributed by atoms with E-state index < -0.39 is 0 Å². The van der Waals surface area contributed by atoms with Crippen molar-refractivity contribution in [2.45, 2.75) is 47.1 Å². The second-order valence-corrected chi connectivity index (χ2v) is 9.32. The summed E-state index contributed by atoms with van der Waals surface area (Å²) >= 11 is 0. The molecule has 1 aliphatic rings. The number of likely N-dealkylation sites (N-methyl/N-ethyl adjacent to an activating group) is 1. The molecule has 176 valence electrons. The number of benzene rings is 2. The van der Waals surface area contributed by atoms with Crippen molar-refractivity contribution in [1.82, 2.24) is 9.99 Å². The van der Waals surface area contributed by atoms with Gasteiger partial charge in [-0.3, -0.25) is 4.79 Å². The number of hydrazone groups is 1. The molecular formula is C28H31FN4O. The second-order valence-electron chi connectivity index (χ2n) is 9.32. The Morgan fingerprint density at radius 2 is 1.79 bits per heavy atom. The highest BCUT2D eigenvalue weighted by atomic mass is 19.1. The first-order chi connectivity index (χ1) is 16.1. The molecular weight excluding hydrogens is 427 g/mol. The van der Waals surface area contributed by atoms with Crippen LogP contribution in [-0.2, 0) is 0 Å². The highest BCUT2D eigenvalue weighted by Gasteiger charge is 2.31. The quantitative estimate of drug-likeness (QED) is 0.375. The van der Waals surface area contributed by atoms with Crippen LogP contribution >= 0.6 is 0 Å². The van der Waals surface area contributed by atoms with E-state index in [0.29, 0.717) is 11.1 Å². The van der Waals surface area contributed by atoms with Crippen LogP contribution in [0.2, 0.25) is 0 Å². The lowest BCUT2D eigenvalue weighted by molar-refractivity contribution is 0.0955. The number of aromatic nitrogens is 1. The molecule has 1 aliphatic heterocycles. The van der Waals surface area contributed by atoms with Crippen molar-refractivity contribution in [3.63, 3.8) is 0 Å². The maximum atomic E-state index is 14.9. The van der Waals surface area contributed by atoms with E-state index >= 15 is 0 Å². The highest BCUT2D eigenvalue weighted by Crippen LogP contribution is 2.39. The Bertz CT molecular complexity index is 1300. The molecule has 5 nitrogen and oxygen atoms in total. The predicted molar refractivity (Wildman–Crippen MR) is 137 cm³/mol. The van der Waals surface area contributed by atoms with Crippen molar-refractivity contribution in [3.05, 3.63) is 88.5 Å². The monoisotopic (exact) mass is 458 g/mol. The van der Waals surface area contributed by atoms with Gasteiger partial charge in [0.1, 0.15) is 5.82 Å². The van der Waals surface area contributed by atoms with E-state index in [0.717, 1.165) is 40.4 Å². The molecule has 0 atom stereocenters. The van der Waals surface area contributed by atoms with Crippen LogP contribution in [0.3, 0.4) is 0 Å². The van der Waals surface area contributed by atoms with Crippen LogP contribution in [0, 0.1) is 19.7 Å². The van der Waals surface area contributed by atoms with Gasteiger partial charge in [-0.2, -0.15) is 5.10 Å². The largest absolute Gasteiger partial charge is 0.363 e. The zero-order valence-corrected chi connectivity index (χ0v) is 20.6. The van der Waals surface area contributed by atoms with Crippen molar-refractivity contribution in [3.8, 4) is 5.69 Å². The molecule has 0 bridgehead atoms. The Labute approximate surface area is 200 Å². The fourth-order valence-corrected chi connectivity index (χ4v) is 4.88. The summed E-state index contributed by atoms with van der Waals surface area (Å²) in [5, 5.41) is 4.04. The van der Waals surface area contributed by atoms with Gasteiger partial charge >= 0.3 is 0 Å². The van der Waals surface area contributed by atoms with E-state index in [2.05, 4.69) is 46.8 Å². The minimum atomic E-state index is -0.374. The van der Waals surface area contributed by atoms with E-state index in [1.807, 2.05) is 51.1 Å². The van der Waals surface area contributed by atoms with Crippen LogP contribution in [0.15, 0.2) is 59.7 Å². The summed E-state index contributed by atoms with van der Waals surface area (Å²) in [7, 11) is 0. The van der Waals surface area contributed by atoms with Gasteiger partial charge in [0.05, 0.1) is 11.8 Å². The summed E-state index contributed by atoms with van der Waals surface area (Å²) in [5.74, 6) is -0.727. The molecule has 6 heteroatoms. The van der Waals surface area contributed by atoms with Gasteiger partial charge in [-0.25, -0.2) is 9.82 Å². The predicted octanol–water partition coefficient (Wildman–Crippen LogP) is 6.02. The van der Waals surface area contributed by atoms with Crippen molar-refractivity contribution in [2.75, 3.05) is 11.4 Å². The van der Waals surface area contributed by atoms with Crippen molar-refractivity contribution in [1.29, 1.82) is 0 Å². The van der Waals surface area contributed by atoms with Gasteiger partial charge < -0.3 is 9.47 Å². The minimum Gasteiger partial charge on any atom is -0.363 e. The number of hydrogen-bond donors (Lipinski definition) is 1. The minimum absolute atomic E-state index is 0.186. The number of halogens is 1. The summed E-state index contributed by atoms with van der Waals surface area (Å²) < 4.78 is 17.0. The smallest absolute Gasteiger partial charge is 0.271 e. The zero-order chi connectivity index (χ0) is 24.6. The number of rotatable bonds is 5. The first-order valence-electron chi connectivity index (χ1n) is 11.5. The van der Waals surface area contributed by atoms with E-state index in [4.69, 9.17) is 0 Å². The van der Waals surface area contributed by atoms with Crippen LogP contribution in [0.25, 0.3) is 11.3 Å². The van der Waals surface area contributed by atoms with Crippen molar-refractivity contribution >= 4 is 23.4 Å². The van der Waals surface area contributed by atoms with Gasteiger partial charge in [0.25, 0.3) is 5.91 Å². The molecule has 0 radical (unpaired) electrons. The average Bonchev–Trinajstić information content (AvgIpc) is 3.12. The molecule has 1 N–H and O–H groups in total. The van der Waals surface area contributed by atoms with Gasteiger partial charge in [0, 0.05) is 46.0 Å². The SMILES string of the molecule is CCN1c2cc(F)c(/C=N\NC(=O)c3cccc(-n4c(C)ccc4C)c3)cc2C(C)=CC1(C)C. The van der Waals surface area contributed by atoms with Crippen LogP contribution in [0.4, 0.5) is 10.1 Å². The molecule has 0 unspecified atom stereocenters. The Kier molecular flexibility index (Phi) is 6.17. The van der Waals surface area contributed by atoms with Crippen molar-refractivity contribution < 1.29 is 9.18 Å². The van der Waals surface area contributed by atoms with E-state index in [1.165, 1.54) is 6.21 Å². The summed E-state index contributed by atoms with van der Waals surface area (Å²) in [6.45, 7) is 13.2. The number of carbonyl (C=O) groups excluding carboxylic acids is 1. The van der Waals surface area contributed by atoms with Crippen LogP contribution in [-0.4, -0.2) is 28.8 Å². The van der Waals surface area contributed by atoms with Crippen LogP contribution < -0.4 is 10.3 Å². The molecule has 0 spiro atoms. The third-order valence-corrected chi connectivity index (χ3v) is 6.42. The average molecular weight is 459 g/mol. The number of anilines is 1. The topological polar surface area (TPSA) is 49.6 Å². The van der Waals surface area contributed by atoms with Gasteiger partial charge in [-0.05, 0) is 89.6 Å². The number of amides is 1. The summed E-state index contributed by atoms with van der Waals surface area (Å²) in [5.41, 5.74) is 9.17. The lowest BCUT2D eigenvalue weighted by atomic mass is 9.88. The van der Waals surface area contributed by atoms with E-state index in [-0.39, 0.29) is 17.3 Å². The van der Waals surface area contributed by atoms with Crippen LogP contribution in [0.5, 0.6) is 0 Å². The van der Waals surface area contributed by atoms with Gasteiger partial charge in [-0.15, -0.1) is 0 Å². The lowest BCUT2D eigenvalue weighted by Gasteiger charge is -2.42. The number of fused-ring (bicyclic) bond motifs is 1. The van der Waals surface area contributed by atoms with Crippen LogP contribution in [0.1, 0.15) is 60.6 Å². The van der Waals surface area contributed by atoms with Gasteiger partial charge in [0.15, 0.2) is 0 Å². The molecule has 0 saturated heterocycles. The first kappa shape index (κ1) is 23.5. The Morgan fingerprint density at radius 3 is 2.47 bits per heavy atom. The lowest BCUT2D eigenvalue weighted by Crippen LogP contribution is -2.45. The third kappa shape index (κ3) is 4.28. The van der Waals surface area contributed by atoms with Gasteiger partial charge in [0.2, 0.25) is 0 Å². The first-order valence-corrected chi connectivity index (χ1v) is 11.5. The summed E-state index contributed by atoms with van der Waals surface area (Å²) in [6.07, 6.45) is 3.56. The second kappa shape index (κ2) is 8.93. The fraction of sp³-hybridized carbons (Fsp3) is 0.286. The number of aryl methyl sites for hydroxylation is 2. The molecule has 4 rings (SSSR count). The highest BCUT2D eigenvalue weighted by molar-refractivity contribution is 5.95. The Morgan fingerprint density at radius 1 is 1.09 bits per heavy atom. The number of hydrogen-bond acceptors (Lipinski definition) is 3. The summed E-state index contributed by atoms with van der Waals surface area (Å²) in [6, 6.07) is 14.8. The Balaban J connectivity index is 1.55. The molecule has 2 aromatic carbocycles. The number of allylic oxidation sites excluding steroid dienone is 1. The molecule has 0 fully saturated rings. The molecule has 1 aromatic heterocycles. The third-order valence-electron chi connectivity index (χ3n) is 6.42. The van der Waals surface area contributed by atoms with Crippen molar-refractivity contribution in [2.24, 2.45) is 5.10 Å². The molecule has 0 aliphatic carbocycles. The molecule has 3 aromatic rings. The molecule has 0 saturated carbocycles. The fourth-order valence-electron chi connectivity index (χ4n) is 4.88. The number of nitrogens with zero attached hydrogens (tertiary/aromatic N) is 3. The molecule has 2 heterocycles. The summed E-state index contributed by atoms with van der Waals surface area (Å²) in [4.78, 5) is 14.9. The zero-order valence-electron chi connectivity index (χ0n) is 20.6. The normalized spacial score (nSPS) is 14.8. The maximum Gasteiger partial charge on any atom is 0.271 e. The molecule has 34 heavy (non-hydrogen) atoms. The number of carbonyl (C=O) groups is 1. The van der Waals surface area contributed by atoms with E-state index in [1.54, 1.807) is 18.2 Å². The maximum absolute atomic E-state index is 14.9. The van der Waals surface area contributed by atoms with Gasteiger partial charge in [-0.1, -0.05) is 12.1 Å². The number of nitrogens with one attached hydrogen (secondary N) is 1. The standard InChI is InChI=1S/C28H31FN4O/c1-7-32-26-15-25(29)22(14-24(26)18(2)16-28(32,5)6)17-30-31-27(34)21-9-8-10-23(13-21)33-19(3)11-12-20(33)4/h8-17H,7H2,1-6H3,(H,31,34)/b30-17-. The molecule has 1 amide bonds. The Hall–Kier alpha value is -3.67. The van der Waals surface area contributed by atoms with E-state index in [9.17, 15) is 9.18 Å².